The van der Waals surface area contributed by atoms with Crippen LogP contribution in [0.3, 0.4) is 0 Å². The molecule has 0 radical (unpaired) electrons. The van der Waals surface area contributed by atoms with Crippen LogP contribution in [0.25, 0.3) is 0 Å². The first-order chi connectivity index (χ1) is 9.13. The van der Waals surface area contributed by atoms with Crippen molar-refractivity contribution in [3.63, 3.8) is 0 Å². The lowest BCUT2D eigenvalue weighted by Crippen LogP contribution is -2.13. The van der Waals surface area contributed by atoms with Gasteiger partial charge in [-0.2, -0.15) is 4.98 Å². The zero-order valence-electron chi connectivity index (χ0n) is 12.0. The van der Waals surface area contributed by atoms with E-state index in [9.17, 15) is 0 Å². The van der Waals surface area contributed by atoms with Crippen LogP contribution in [-0.4, -0.2) is 35.8 Å². The Labute approximate surface area is 114 Å². The molecule has 0 spiro atoms. The first-order valence-electron chi connectivity index (χ1n) is 6.74. The molecule has 0 aliphatic carbocycles. The molecule has 1 heterocycles. The number of hydrogen-bond donors (Lipinski definition) is 2. The monoisotopic (exact) mass is 268 g/mol. The molecule has 19 heavy (non-hydrogen) atoms. The van der Waals surface area contributed by atoms with Crippen molar-refractivity contribution in [3.8, 4) is 5.75 Å². The van der Waals surface area contributed by atoms with Gasteiger partial charge in [0.1, 0.15) is 6.61 Å². The number of rotatable bonds is 9. The fraction of sp³-hybridized carbons (Fsp3) is 0.692. The van der Waals surface area contributed by atoms with Crippen molar-refractivity contribution < 1.29 is 9.47 Å². The van der Waals surface area contributed by atoms with Crippen LogP contribution in [0.2, 0.25) is 0 Å². The summed E-state index contributed by atoms with van der Waals surface area (Å²) >= 11 is 0. The van der Waals surface area contributed by atoms with Crippen LogP contribution < -0.4 is 15.8 Å². The number of nitrogens with two attached hydrogens (primary N) is 1. The minimum Gasteiger partial charge on any atom is -0.486 e. The maximum atomic E-state index is 5.61. The molecule has 3 N–H and O–H groups in total. The van der Waals surface area contributed by atoms with E-state index in [0.717, 1.165) is 19.4 Å². The Balaban J connectivity index is 2.50. The molecule has 1 rings (SSSR count). The molecular weight excluding hydrogens is 244 g/mol. The molecule has 1 aromatic rings. The number of nitrogens with one attached hydrogen (secondary N) is 1. The average Bonchev–Trinajstić information content (AvgIpc) is 2.36. The number of hydrogen-bond acceptors (Lipinski definition) is 6. The molecule has 0 saturated carbocycles. The minimum absolute atomic E-state index is 0.202. The Hall–Kier alpha value is -1.56. The van der Waals surface area contributed by atoms with Crippen LogP contribution in [0.5, 0.6) is 5.75 Å². The van der Waals surface area contributed by atoms with Crippen molar-refractivity contribution in [2.75, 3.05) is 30.8 Å². The minimum atomic E-state index is 0.202. The lowest BCUT2D eigenvalue weighted by atomic mass is 10.3. The van der Waals surface area contributed by atoms with Crippen LogP contribution in [0, 0.1) is 0 Å². The van der Waals surface area contributed by atoms with Crippen molar-refractivity contribution in [2.45, 2.75) is 39.7 Å². The van der Waals surface area contributed by atoms with Crippen molar-refractivity contribution in [3.05, 3.63) is 6.20 Å². The van der Waals surface area contributed by atoms with Crippen LogP contribution in [0.4, 0.5) is 11.8 Å². The largest absolute Gasteiger partial charge is 0.486 e. The smallest absolute Gasteiger partial charge is 0.222 e. The van der Waals surface area contributed by atoms with E-state index in [-0.39, 0.29) is 12.1 Å². The van der Waals surface area contributed by atoms with Crippen molar-refractivity contribution >= 4 is 11.8 Å². The van der Waals surface area contributed by atoms with E-state index in [2.05, 4.69) is 22.2 Å². The van der Waals surface area contributed by atoms with Gasteiger partial charge in [-0.15, -0.1) is 0 Å². The molecule has 0 aliphatic heterocycles. The molecule has 0 bridgehead atoms. The van der Waals surface area contributed by atoms with Gasteiger partial charge in [-0.3, -0.25) is 0 Å². The second-order valence-corrected chi connectivity index (χ2v) is 4.49. The van der Waals surface area contributed by atoms with Crippen molar-refractivity contribution in [1.82, 2.24) is 9.97 Å². The highest BCUT2D eigenvalue weighted by Crippen LogP contribution is 2.21. The van der Waals surface area contributed by atoms with E-state index in [0.29, 0.717) is 24.8 Å². The molecule has 0 amide bonds. The summed E-state index contributed by atoms with van der Waals surface area (Å²) in [6, 6.07) is 0. The van der Waals surface area contributed by atoms with E-state index in [1.165, 1.54) is 0 Å². The SMILES string of the molecule is CCCCNc1nc(N)ncc1OCCOC(C)C. The third kappa shape index (κ3) is 6.24. The average molecular weight is 268 g/mol. The number of aromatic nitrogens is 2. The van der Waals surface area contributed by atoms with Gasteiger partial charge in [0.25, 0.3) is 0 Å². The maximum Gasteiger partial charge on any atom is 0.222 e. The summed E-state index contributed by atoms with van der Waals surface area (Å²) in [6.07, 6.45) is 3.98. The zero-order valence-corrected chi connectivity index (χ0v) is 12.0. The van der Waals surface area contributed by atoms with Gasteiger partial charge < -0.3 is 20.5 Å². The van der Waals surface area contributed by atoms with Crippen LogP contribution in [0.1, 0.15) is 33.6 Å². The topological polar surface area (TPSA) is 82.3 Å². The van der Waals surface area contributed by atoms with Gasteiger partial charge in [0.15, 0.2) is 11.6 Å². The Kier molecular flexibility index (Phi) is 6.95. The summed E-state index contributed by atoms with van der Waals surface area (Å²) in [5.74, 6) is 1.49. The van der Waals surface area contributed by atoms with Gasteiger partial charge in [0.2, 0.25) is 5.95 Å². The zero-order chi connectivity index (χ0) is 14.1. The molecule has 6 heteroatoms. The highest BCUT2D eigenvalue weighted by Gasteiger charge is 2.07. The van der Waals surface area contributed by atoms with Crippen LogP contribution >= 0.6 is 0 Å². The van der Waals surface area contributed by atoms with E-state index in [1.807, 2.05) is 13.8 Å². The standard InChI is InChI=1S/C13H24N4O2/c1-4-5-6-15-12-11(9-16-13(14)17-12)19-8-7-18-10(2)3/h9-10H,4-8H2,1-3H3,(H3,14,15,16,17). The fourth-order valence-corrected chi connectivity index (χ4v) is 1.44. The summed E-state index contributed by atoms with van der Waals surface area (Å²) in [4.78, 5) is 8.09. The Morgan fingerprint density at radius 1 is 1.37 bits per heavy atom. The Morgan fingerprint density at radius 2 is 2.16 bits per heavy atom. The normalized spacial score (nSPS) is 10.7. The van der Waals surface area contributed by atoms with E-state index >= 15 is 0 Å². The highest BCUT2D eigenvalue weighted by atomic mass is 16.5. The molecule has 0 aromatic carbocycles. The van der Waals surface area contributed by atoms with E-state index in [1.54, 1.807) is 6.20 Å². The van der Waals surface area contributed by atoms with Crippen molar-refractivity contribution in [2.24, 2.45) is 0 Å². The fourth-order valence-electron chi connectivity index (χ4n) is 1.44. The number of nitrogens with zero attached hydrogens (tertiary/aromatic N) is 2. The molecule has 0 saturated heterocycles. The molecule has 6 nitrogen and oxygen atoms in total. The Bertz CT molecular complexity index is 372. The molecule has 0 fully saturated rings. The number of ether oxygens (including phenoxy) is 2. The molecule has 1 aromatic heterocycles. The third-order valence-corrected chi connectivity index (χ3v) is 2.39. The Morgan fingerprint density at radius 3 is 2.84 bits per heavy atom. The van der Waals surface area contributed by atoms with E-state index < -0.39 is 0 Å². The van der Waals surface area contributed by atoms with E-state index in [4.69, 9.17) is 15.2 Å². The maximum absolute atomic E-state index is 5.61. The second-order valence-electron chi connectivity index (χ2n) is 4.49. The molecule has 0 aliphatic rings. The lowest BCUT2D eigenvalue weighted by molar-refractivity contribution is 0.0553. The number of anilines is 2. The molecule has 0 atom stereocenters. The van der Waals surface area contributed by atoms with Gasteiger partial charge in [-0.25, -0.2) is 4.98 Å². The van der Waals surface area contributed by atoms with Gasteiger partial charge in [0, 0.05) is 6.54 Å². The summed E-state index contributed by atoms with van der Waals surface area (Å²) in [6.45, 7) is 7.96. The number of unbranched alkanes of at least 4 members (excludes halogenated alkanes) is 1. The summed E-state index contributed by atoms with van der Waals surface area (Å²) < 4.78 is 11.0. The predicted molar refractivity (Wildman–Crippen MR) is 76.4 cm³/mol. The first kappa shape index (κ1) is 15.5. The van der Waals surface area contributed by atoms with Gasteiger partial charge in [-0.1, -0.05) is 13.3 Å². The van der Waals surface area contributed by atoms with Gasteiger partial charge in [0.05, 0.1) is 18.9 Å². The van der Waals surface area contributed by atoms with Crippen LogP contribution in [0.15, 0.2) is 6.20 Å². The molecular formula is C13H24N4O2. The third-order valence-electron chi connectivity index (χ3n) is 2.39. The summed E-state index contributed by atoms with van der Waals surface area (Å²) in [5, 5.41) is 3.21. The quantitative estimate of drug-likeness (QED) is 0.667. The van der Waals surface area contributed by atoms with Gasteiger partial charge in [-0.05, 0) is 20.3 Å². The second kappa shape index (κ2) is 8.53. The highest BCUT2D eigenvalue weighted by molar-refractivity contribution is 5.51. The molecule has 108 valence electrons. The lowest BCUT2D eigenvalue weighted by Gasteiger charge is -2.13. The molecule has 0 unspecified atom stereocenters. The summed E-state index contributed by atoms with van der Waals surface area (Å²) in [5.41, 5.74) is 5.58. The van der Waals surface area contributed by atoms with Crippen molar-refractivity contribution in [1.29, 1.82) is 0 Å². The van der Waals surface area contributed by atoms with Gasteiger partial charge >= 0.3 is 0 Å². The first-order valence-corrected chi connectivity index (χ1v) is 6.74. The summed E-state index contributed by atoms with van der Waals surface area (Å²) in [7, 11) is 0. The van der Waals surface area contributed by atoms with Crippen LogP contribution in [-0.2, 0) is 4.74 Å². The number of nitrogen functional groups attached to an aromatic ring is 1. The predicted octanol–water partition coefficient (Wildman–Crippen LogP) is 2.07.